The lowest BCUT2D eigenvalue weighted by Crippen LogP contribution is -2.25. The maximum atomic E-state index is 5.29. The Kier molecular flexibility index (Phi) is 4.37. The van der Waals surface area contributed by atoms with Crippen LogP contribution in [0.15, 0.2) is 82.5 Å². The number of H-pyrrole nitrogens is 2. The summed E-state index contributed by atoms with van der Waals surface area (Å²) in [5, 5.41) is 2.09. The minimum atomic E-state index is -0.450. The van der Waals surface area contributed by atoms with Crippen LogP contribution in [0.25, 0.3) is 12.2 Å². The lowest BCUT2D eigenvalue weighted by atomic mass is 9.82. The van der Waals surface area contributed by atoms with Crippen molar-refractivity contribution in [2.75, 3.05) is 0 Å². The molecule has 1 aromatic carbocycles. The number of benzene rings is 1. The average Bonchev–Trinajstić information content (AvgIpc) is 3.58. The van der Waals surface area contributed by atoms with E-state index >= 15 is 0 Å². The summed E-state index contributed by atoms with van der Waals surface area (Å²) in [6.07, 6.45) is 15.5. The maximum Gasteiger partial charge on any atom is 0.110 e. The lowest BCUT2D eigenvalue weighted by Gasteiger charge is -2.28. The molecule has 3 aliphatic heterocycles. The predicted molar refractivity (Wildman–Crippen MR) is 136 cm³/mol. The van der Waals surface area contributed by atoms with Crippen LogP contribution in [0.2, 0.25) is 0 Å². The van der Waals surface area contributed by atoms with Gasteiger partial charge < -0.3 is 9.97 Å². The number of aryl methyl sites for hydroxylation is 1. The van der Waals surface area contributed by atoms with Gasteiger partial charge in [-0.05, 0) is 104 Å². The molecule has 3 aromatic rings. The number of hydrogen-bond donors (Lipinski definition) is 2. The molecule has 6 rings (SSSR count). The molecule has 0 saturated carbocycles. The van der Waals surface area contributed by atoms with E-state index < -0.39 is 5.54 Å². The fourth-order valence-electron chi connectivity index (χ4n) is 4.95. The van der Waals surface area contributed by atoms with E-state index in [9.17, 15) is 0 Å². The summed E-state index contributed by atoms with van der Waals surface area (Å²) in [7, 11) is 0. The van der Waals surface area contributed by atoms with E-state index in [-0.39, 0.29) is 0 Å². The SMILES string of the molecule is Cc1ccc(C23C=CC(=N2)C=C2C=CC(=N2)C=c2ccc([nH]2)=Cc2ccc([nH]2)C3)c(C)c1C. The Morgan fingerprint density at radius 3 is 2.48 bits per heavy atom. The van der Waals surface area contributed by atoms with Crippen molar-refractivity contribution in [1.82, 2.24) is 9.97 Å². The molecule has 3 aliphatic rings. The smallest absolute Gasteiger partial charge is 0.110 e. The van der Waals surface area contributed by atoms with E-state index in [4.69, 9.17) is 9.98 Å². The highest BCUT2D eigenvalue weighted by atomic mass is 14.9. The number of aliphatic imine (C=N–C) groups is 2. The molecule has 1 atom stereocenters. The third-order valence-corrected chi connectivity index (χ3v) is 6.94. The molecule has 0 amide bonds. The fourth-order valence-corrected chi connectivity index (χ4v) is 4.95. The van der Waals surface area contributed by atoms with Crippen molar-refractivity contribution in [2.24, 2.45) is 9.98 Å². The van der Waals surface area contributed by atoms with Gasteiger partial charge in [0.2, 0.25) is 0 Å². The van der Waals surface area contributed by atoms with E-state index in [0.717, 1.165) is 45.6 Å². The number of rotatable bonds is 1. The van der Waals surface area contributed by atoms with Crippen molar-refractivity contribution >= 4 is 23.6 Å². The van der Waals surface area contributed by atoms with Gasteiger partial charge >= 0.3 is 0 Å². The van der Waals surface area contributed by atoms with Gasteiger partial charge in [-0.1, -0.05) is 18.2 Å². The molecule has 1 unspecified atom stereocenters. The van der Waals surface area contributed by atoms with Crippen LogP contribution in [0.1, 0.15) is 33.6 Å². The molecular weight excluding hydrogens is 404 g/mol. The zero-order valence-corrected chi connectivity index (χ0v) is 19.1. The number of nitrogens with zero attached hydrogens (tertiary/aromatic N) is 2. The second-order valence-corrected chi connectivity index (χ2v) is 9.19. The monoisotopic (exact) mass is 430 g/mol. The molecule has 33 heavy (non-hydrogen) atoms. The molecule has 0 spiro atoms. The highest BCUT2D eigenvalue weighted by Crippen LogP contribution is 2.39. The van der Waals surface area contributed by atoms with E-state index in [1.807, 2.05) is 12.2 Å². The molecular formula is C29H26N4. The minimum Gasteiger partial charge on any atom is -0.359 e. The van der Waals surface area contributed by atoms with Gasteiger partial charge in [-0.3, -0.25) is 4.99 Å². The lowest BCUT2D eigenvalue weighted by molar-refractivity contribution is 0.560. The first-order valence-electron chi connectivity index (χ1n) is 11.4. The van der Waals surface area contributed by atoms with Crippen LogP contribution in [0.5, 0.6) is 0 Å². The second-order valence-electron chi connectivity index (χ2n) is 9.19. The van der Waals surface area contributed by atoms with Gasteiger partial charge in [0.05, 0.1) is 17.1 Å². The molecule has 0 radical (unpaired) electrons. The summed E-state index contributed by atoms with van der Waals surface area (Å²) in [6, 6.07) is 13.0. The van der Waals surface area contributed by atoms with Gasteiger partial charge in [0.15, 0.2) is 0 Å². The van der Waals surface area contributed by atoms with E-state index in [1.54, 1.807) is 0 Å². The fraction of sp³-hybridized carbons (Fsp3) is 0.172. The summed E-state index contributed by atoms with van der Waals surface area (Å²) in [6.45, 7) is 6.59. The first-order valence-corrected chi connectivity index (χ1v) is 11.4. The Morgan fingerprint density at radius 2 is 1.61 bits per heavy atom. The molecule has 0 aliphatic carbocycles. The quantitative estimate of drug-likeness (QED) is 0.581. The van der Waals surface area contributed by atoms with Crippen LogP contribution in [-0.2, 0) is 12.0 Å². The summed E-state index contributed by atoms with van der Waals surface area (Å²) < 4.78 is 0. The molecule has 8 bridgehead atoms. The minimum absolute atomic E-state index is 0.450. The molecule has 0 fully saturated rings. The second kappa shape index (κ2) is 7.31. The largest absolute Gasteiger partial charge is 0.359 e. The highest BCUT2D eigenvalue weighted by Gasteiger charge is 2.35. The predicted octanol–water partition coefficient (Wildman–Crippen LogP) is 4.23. The number of fused-ring (bicyclic) bond motifs is 6. The summed E-state index contributed by atoms with van der Waals surface area (Å²) in [4.78, 5) is 17.1. The van der Waals surface area contributed by atoms with Crippen molar-refractivity contribution in [3.8, 4) is 0 Å². The van der Waals surface area contributed by atoms with Gasteiger partial charge in [0.25, 0.3) is 0 Å². The van der Waals surface area contributed by atoms with Crippen molar-refractivity contribution < 1.29 is 0 Å². The zero-order chi connectivity index (χ0) is 22.6. The highest BCUT2D eigenvalue weighted by molar-refractivity contribution is 6.19. The maximum absolute atomic E-state index is 5.29. The van der Waals surface area contributed by atoms with Crippen molar-refractivity contribution in [1.29, 1.82) is 0 Å². The topological polar surface area (TPSA) is 56.3 Å². The number of aromatic nitrogens is 2. The van der Waals surface area contributed by atoms with Gasteiger partial charge in [0, 0.05) is 28.5 Å². The van der Waals surface area contributed by atoms with E-state index in [0.29, 0.717) is 0 Å². The number of hydrogen-bond acceptors (Lipinski definition) is 2. The van der Waals surface area contributed by atoms with E-state index in [1.165, 1.54) is 22.3 Å². The van der Waals surface area contributed by atoms with Crippen LogP contribution in [0.4, 0.5) is 0 Å². The van der Waals surface area contributed by atoms with Crippen LogP contribution < -0.4 is 10.7 Å². The van der Waals surface area contributed by atoms with Crippen LogP contribution in [0, 0.1) is 20.8 Å². The Bertz CT molecular complexity index is 1570. The standard InChI is InChI=1S/C29H26N4/c1-18-4-11-28(20(3)19(18)2)29-13-12-26(33-29)16-25-8-7-22(31-25)14-21-5-6-23(30-21)15-24-9-10-27(17-29)32-24/h4-16,30,32H,17H2,1-3H3. The van der Waals surface area contributed by atoms with Crippen molar-refractivity contribution in [3.05, 3.63) is 117 Å². The molecule has 2 N–H and O–H groups in total. The summed E-state index contributed by atoms with van der Waals surface area (Å²) in [5.41, 5.74) is 9.79. The Labute approximate surface area is 193 Å². The van der Waals surface area contributed by atoms with Crippen LogP contribution >= 0.6 is 0 Å². The average molecular weight is 431 g/mol. The molecule has 4 heteroatoms. The van der Waals surface area contributed by atoms with Gasteiger partial charge in [0.1, 0.15) is 5.54 Å². The molecule has 5 heterocycles. The molecule has 162 valence electrons. The van der Waals surface area contributed by atoms with Gasteiger partial charge in [-0.2, -0.15) is 0 Å². The molecule has 2 aromatic heterocycles. The first-order chi connectivity index (χ1) is 16.0. The zero-order valence-electron chi connectivity index (χ0n) is 19.1. The third-order valence-electron chi connectivity index (χ3n) is 6.94. The molecule has 4 nitrogen and oxygen atoms in total. The Balaban J connectivity index is 1.56. The Hall–Kier alpha value is -3.92. The Morgan fingerprint density at radius 1 is 0.758 bits per heavy atom. The van der Waals surface area contributed by atoms with Crippen molar-refractivity contribution in [2.45, 2.75) is 32.7 Å². The summed E-state index contributed by atoms with van der Waals surface area (Å²) >= 11 is 0. The number of nitrogens with one attached hydrogen (secondary N) is 2. The third kappa shape index (κ3) is 3.48. The number of aromatic amines is 2. The van der Waals surface area contributed by atoms with Crippen LogP contribution in [0.3, 0.4) is 0 Å². The van der Waals surface area contributed by atoms with Gasteiger partial charge in [-0.15, -0.1) is 0 Å². The number of allylic oxidation sites excluding steroid dienone is 4. The van der Waals surface area contributed by atoms with E-state index in [2.05, 4.69) is 97.5 Å². The first kappa shape index (κ1) is 19.7. The van der Waals surface area contributed by atoms with Crippen molar-refractivity contribution in [3.63, 3.8) is 0 Å². The van der Waals surface area contributed by atoms with Gasteiger partial charge in [-0.25, -0.2) is 4.99 Å². The summed E-state index contributed by atoms with van der Waals surface area (Å²) in [5.74, 6) is 0. The van der Waals surface area contributed by atoms with Crippen LogP contribution in [-0.4, -0.2) is 21.4 Å². The normalized spacial score (nSPS) is 20.8. The molecule has 0 saturated heterocycles.